The van der Waals surface area contributed by atoms with E-state index in [2.05, 4.69) is 30.3 Å². The lowest BCUT2D eigenvalue weighted by molar-refractivity contribution is 0.0224. The van der Waals surface area contributed by atoms with Gasteiger partial charge in [-0.2, -0.15) is 11.8 Å². The second kappa shape index (κ2) is 8.62. The Morgan fingerprint density at radius 2 is 2.00 bits per heavy atom. The second-order valence-electron chi connectivity index (χ2n) is 7.11. The van der Waals surface area contributed by atoms with Crippen molar-refractivity contribution >= 4 is 17.9 Å². The van der Waals surface area contributed by atoms with Crippen LogP contribution in [0.3, 0.4) is 0 Å². The predicted molar refractivity (Wildman–Crippen MR) is 98.1 cm³/mol. The number of likely N-dealkylation sites (tertiary alicyclic amines) is 1. The van der Waals surface area contributed by atoms with Gasteiger partial charge in [-0.1, -0.05) is 30.3 Å². The predicted octanol–water partition coefficient (Wildman–Crippen LogP) is 4.75. The van der Waals surface area contributed by atoms with Crippen LogP contribution in [0.1, 0.15) is 45.6 Å². The third kappa shape index (κ3) is 6.46. The van der Waals surface area contributed by atoms with Crippen molar-refractivity contribution in [3.63, 3.8) is 0 Å². The SMILES string of the molecule is CC(C)(C)OC(=O)N1CCC[C@H]1CCSCCc1ccccc1. The summed E-state index contributed by atoms with van der Waals surface area (Å²) in [5.41, 5.74) is 0.991. The van der Waals surface area contributed by atoms with Crippen LogP contribution in [0.2, 0.25) is 0 Å². The summed E-state index contributed by atoms with van der Waals surface area (Å²) in [6.07, 6.45) is 4.25. The summed E-state index contributed by atoms with van der Waals surface area (Å²) >= 11 is 1.98. The molecule has 1 heterocycles. The average Bonchev–Trinajstić information content (AvgIpc) is 2.95. The standard InChI is InChI=1S/C19H29NO2S/c1-19(2,3)22-18(21)20-13-7-10-17(20)12-15-23-14-11-16-8-5-4-6-9-16/h4-6,8-9,17H,7,10-15H2,1-3H3/t17-/m0/s1. The van der Waals surface area contributed by atoms with E-state index in [0.717, 1.165) is 43.7 Å². The fourth-order valence-corrected chi connectivity index (χ4v) is 3.88. The van der Waals surface area contributed by atoms with Gasteiger partial charge in [0.2, 0.25) is 0 Å². The van der Waals surface area contributed by atoms with Crippen molar-refractivity contribution in [1.82, 2.24) is 4.90 Å². The Kier molecular flexibility index (Phi) is 6.82. The first kappa shape index (κ1) is 18.2. The highest BCUT2D eigenvalue weighted by Gasteiger charge is 2.31. The average molecular weight is 336 g/mol. The maximum Gasteiger partial charge on any atom is 0.410 e. The van der Waals surface area contributed by atoms with E-state index in [-0.39, 0.29) is 6.09 Å². The number of aryl methyl sites for hydroxylation is 1. The molecule has 1 saturated heterocycles. The van der Waals surface area contributed by atoms with Crippen molar-refractivity contribution in [3.8, 4) is 0 Å². The number of rotatable bonds is 6. The largest absolute Gasteiger partial charge is 0.444 e. The Morgan fingerprint density at radius 1 is 1.26 bits per heavy atom. The summed E-state index contributed by atoms with van der Waals surface area (Å²) in [7, 11) is 0. The molecule has 4 heteroatoms. The molecule has 128 valence electrons. The van der Waals surface area contributed by atoms with Crippen LogP contribution in [0.25, 0.3) is 0 Å². The molecule has 23 heavy (non-hydrogen) atoms. The quantitative estimate of drug-likeness (QED) is 0.703. The summed E-state index contributed by atoms with van der Waals surface area (Å²) < 4.78 is 5.52. The normalized spacial score (nSPS) is 18.2. The highest BCUT2D eigenvalue weighted by Crippen LogP contribution is 2.24. The monoisotopic (exact) mass is 335 g/mol. The minimum Gasteiger partial charge on any atom is -0.444 e. The van der Waals surface area contributed by atoms with Crippen LogP contribution in [0, 0.1) is 0 Å². The van der Waals surface area contributed by atoms with Gasteiger partial charge in [0.15, 0.2) is 0 Å². The molecule has 0 N–H and O–H groups in total. The van der Waals surface area contributed by atoms with Gasteiger partial charge in [0, 0.05) is 12.6 Å². The van der Waals surface area contributed by atoms with Crippen LogP contribution in [-0.4, -0.2) is 40.7 Å². The van der Waals surface area contributed by atoms with E-state index in [1.807, 2.05) is 37.4 Å². The highest BCUT2D eigenvalue weighted by atomic mass is 32.2. The van der Waals surface area contributed by atoms with Crippen molar-refractivity contribution in [2.75, 3.05) is 18.1 Å². The van der Waals surface area contributed by atoms with E-state index in [1.165, 1.54) is 5.56 Å². The molecule has 0 aromatic heterocycles. The van der Waals surface area contributed by atoms with Crippen LogP contribution in [0.15, 0.2) is 30.3 Å². The molecule has 3 nitrogen and oxygen atoms in total. The topological polar surface area (TPSA) is 29.5 Å². The van der Waals surface area contributed by atoms with Gasteiger partial charge < -0.3 is 9.64 Å². The molecule has 1 aliphatic heterocycles. The minimum atomic E-state index is -0.408. The Balaban J connectivity index is 1.67. The Bertz CT molecular complexity index is 484. The van der Waals surface area contributed by atoms with Crippen molar-refractivity contribution in [2.45, 2.75) is 58.1 Å². The first-order valence-electron chi connectivity index (χ1n) is 8.57. The van der Waals surface area contributed by atoms with E-state index >= 15 is 0 Å². The van der Waals surface area contributed by atoms with Gasteiger partial charge in [-0.15, -0.1) is 0 Å². The highest BCUT2D eigenvalue weighted by molar-refractivity contribution is 7.99. The number of amides is 1. The third-order valence-corrected chi connectivity index (χ3v) is 5.00. The van der Waals surface area contributed by atoms with Crippen LogP contribution in [-0.2, 0) is 11.2 Å². The van der Waals surface area contributed by atoms with Gasteiger partial charge in [0.05, 0.1) is 0 Å². The summed E-state index contributed by atoms with van der Waals surface area (Å²) in [5.74, 6) is 2.25. The molecular weight excluding hydrogens is 306 g/mol. The minimum absolute atomic E-state index is 0.144. The second-order valence-corrected chi connectivity index (χ2v) is 8.33. The van der Waals surface area contributed by atoms with Gasteiger partial charge in [0.1, 0.15) is 5.60 Å². The van der Waals surface area contributed by atoms with Gasteiger partial charge in [-0.3, -0.25) is 0 Å². The maximum atomic E-state index is 12.2. The molecule has 1 amide bonds. The van der Waals surface area contributed by atoms with Gasteiger partial charge >= 0.3 is 6.09 Å². The van der Waals surface area contributed by atoms with E-state index in [1.54, 1.807) is 0 Å². The first-order valence-corrected chi connectivity index (χ1v) is 9.72. The van der Waals surface area contributed by atoms with Gasteiger partial charge in [-0.05, 0) is 63.5 Å². The van der Waals surface area contributed by atoms with Crippen molar-refractivity contribution < 1.29 is 9.53 Å². The Morgan fingerprint density at radius 3 is 2.70 bits per heavy atom. The number of nitrogens with zero attached hydrogens (tertiary/aromatic N) is 1. The molecular formula is C19H29NO2S. The van der Waals surface area contributed by atoms with Gasteiger partial charge in [0.25, 0.3) is 0 Å². The molecule has 0 aliphatic carbocycles. The Labute approximate surface area is 144 Å². The number of carbonyl (C=O) groups is 1. The summed E-state index contributed by atoms with van der Waals surface area (Å²) in [6, 6.07) is 11.0. The number of thioether (sulfide) groups is 1. The molecule has 1 atom stereocenters. The summed E-state index contributed by atoms with van der Waals surface area (Å²) in [6.45, 7) is 6.62. The molecule has 0 unspecified atom stereocenters. The fraction of sp³-hybridized carbons (Fsp3) is 0.632. The number of hydrogen-bond donors (Lipinski definition) is 0. The Hall–Kier alpha value is -1.16. The van der Waals surface area contributed by atoms with E-state index in [9.17, 15) is 4.79 Å². The van der Waals surface area contributed by atoms with Crippen LogP contribution in [0.4, 0.5) is 4.79 Å². The van der Waals surface area contributed by atoms with Crippen LogP contribution >= 0.6 is 11.8 Å². The molecule has 0 bridgehead atoms. The lowest BCUT2D eigenvalue weighted by atomic mass is 10.2. The molecule has 1 aromatic carbocycles. The molecule has 0 saturated carbocycles. The zero-order valence-corrected chi connectivity index (χ0v) is 15.4. The summed E-state index contributed by atoms with van der Waals surface area (Å²) in [5, 5.41) is 0. The number of carbonyl (C=O) groups excluding carboxylic acids is 1. The van der Waals surface area contributed by atoms with Crippen LogP contribution < -0.4 is 0 Å². The van der Waals surface area contributed by atoms with Crippen LogP contribution in [0.5, 0.6) is 0 Å². The maximum absolute atomic E-state index is 12.2. The van der Waals surface area contributed by atoms with Crippen molar-refractivity contribution in [1.29, 1.82) is 0 Å². The molecule has 2 rings (SSSR count). The molecule has 0 radical (unpaired) electrons. The smallest absolute Gasteiger partial charge is 0.410 e. The van der Waals surface area contributed by atoms with Gasteiger partial charge in [-0.25, -0.2) is 4.79 Å². The lowest BCUT2D eigenvalue weighted by Gasteiger charge is -2.28. The number of ether oxygens (including phenoxy) is 1. The molecule has 0 spiro atoms. The first-order chi connectivity index (χ1) is 11.0. The van der Waals surface area contributed by atoms with Crippen molar-refractivity contribution in [3.05, 3.63) is 35.9 Å². The molecule has 1 aliphatic rings. The number of hydrogen-bond acceptors (Lipinski definition) is 3. The summed E-state index contributed by atoms with van der Waals surface area (Å²) in [4.78, 5) is 14.2. The van der Waals surface area contributed by atoms with E-state index in [4.69, 9.17) is 4.74 Å². The third-order valence-electron chi connectivity index (χ3n) is 3.98. The lowest BCUT2D eigenvalue weighted by Crippen LogP contribution is -2.40. The van der Waals surface area contributed by atoms with E-state index < -0.39 is 5.60 Å². The molecule has 1 aromatic rings. The van der Waals surface area contributed by atoms with Crippen molar-refractivity contribution in [2.24, 2.45) is 0 Å². The van der Waals surface area contributed by atoms with E-state index in [0.29, 0.717) is 6.04 Å². The number of benzene rings is 1. The fourth-order valence-electron chi connectivity index (χ4n) is 2.85. The zero-order valence-electron chi connectivity index (χ0n) is 14.6. The molecule has 1 fully saturated rings. The zero-order chi connectivity index (χ0) is 16.7.